The van der Waals surface area contributed by atoms with Gasteiger partial charge in [0.05, 0.1) is 52.4 Å². The summed E-state index contributed by atoms with van der Waals surface area (Å²) in [7, 11) is 0. The highest BCUT2D eigenvalue weighted by molar-refractivity contribution is 5.89. The Balaban J connectivity index is 0.000000562. The monoisotopic (exact) mass is 1080 g/mol. The van der Waals surface area contributed by atoms with E-state index in [1.807, 2.05) is 0 Å². The van der Waals surface area contributed by atoms with E-state index < -0.39 is 0 Å². The molecule has 0 unspecified atom stereocenters. The number of hydrogen-bond donors (Lipinski definition) is 0. The van der Waals surface area contributed by atoms with Crippen LogP contribution in [0.5, 0.6) is 0 Å². The quantitative estimate of drug-likeness (QED) is 0.0973. The van der Waals surface area contributed by atoms with Gasteiger partial charge in [0.25, 0.3) is 0 Å². The normalized spacial score (nSPS) is 11.9. The molecule has 0 atom stereocenters. The summed E-state index contributed by atoms with van der Waals surface area (Å²) in [5, 5.41) is 0. The van der Waals surface area contributed by atoms with Crippen molar-refractivity contribution in [1.29, 1.82) is 0 Å². The summed E-state index contributed by atoms with van der Waals surface area (Å²) >= 11 is 0. The molecule has 0 saturated carbocycles. The lowest BCUT2D eigenvalue weighted by molar-refractivity contribution is -0.681. The number of aromatic nitrogens is 8. The molecule has 8 nitrogen and oxygen atoms in total. The van der Waals surface area contributed by atoms with Gasteiger partial charge in [-0.2, -0.15) is 0 Å². The number of nitrogens with zero attached hydrogens (tertiary/aromatic N) is 8. The molecular formula is C48H80Br4N8. The van der Waals surface area contributed by atoms with Gasteiger partial charge in [-0.25, -0.2) is 36.5 Å². The second kappa shape index (κ2) is 24.3. The van der Waals surface area contributed by atoms with Crippen molar-refractivity contribution >= 4 is 44.1 Å². The van der Waals surface area contributed by atoms with Crippen molar-refractivity contribution in [2.75, 3.05) is 0 Å². The third kappa shape index (κ3) is 14.1. The largest absolute Gasteiger partial charge is 1.00 e. The van der Waals surface area contributed by atoms with E-state index in [4.69, 9.17) is 0 Å². The number of hydrogen-bond acceptors (Lipinski definition) is 0. The van der Waals surface area contributed by atoms with E-state index in [2.05, 4.69) is 197 Å². The summed E-state index contributed by atoms with van der Waals surface area (Å²) in [5.74, 6) is 5.05. The first kappa shape index (κ1) is 56.3. The number of fused-ring (bicyclic) bond motifs is 4. The van der Waals surface area contributed by atoms with Gasteiger partial charge in [0.1, 0.15) is 0 Å². The van der Waals surface area contributed by atoms with Gasteiger partial charge in [0, 0.05) is 24.3 Å². The zero-order chi connectivity index (χ0) is 41.2. The van der Waals surface area contributed by atoms with E-state index in [1.165, 1.54) is 44.1 Å². The van der Waals surface area contributed by atoms with Crippen molar-refractivity contribution in [2.45, 2.75) is 163 Å². The maximum atomic E-state index is 2.46. The minimum absolute atomic E-state index is 0. The van der Waals surface area contributed by atoms with E-state index in [1.54, 1.807) is 0 Å². The lowest BCUT2D eigenvalue weighted by atomic mass is 10.2. The highest BCUT2D eigenvalue weighted by Crippen LogP contribution is 2.24. The Morgan fingerprint density at radius 3 is 0.633 bits per heavy atom. The molecule has 6 rings (SSSR count). The smallest absolute Gasteiger partial charge is 0.244 e. The standard InChI is InChI=1S/2C24H40N4.4BrH/c2*1-17(2)11-25-15-26(12-18(3)4)22-10-24-23(9-21(22)25)27(13-19(5)6)16-28(24)14-20(7)8;;;;/h2*9-10,15-20H,11-14H2,1-8H3;4*1H/q2*+2;;;;/p-4. The fourth-order valence-corrected chi connectivity index (χ4v) is 8.43. The summed E-state index contributed by atoms with van der Waals surface area (Å²) in [5.41, 5.74) is 10.9. The number of halogens is 4. The molecule has 0 radical (unpaired) electrons. The van der Waals surface area contributed by atoms with Crippen LogP contribution in [0.25, 0.3) is 44.1 Å². The van der Waals surface area contributed by atoms with Crippen LogP contribution in [0, 0.1) is 47.3 Å². The van der Waals surface area contributed by atoms with Crippen LogP contribution < -0.4 is 86.2 Å². The third-order valence-electron chi connectivity index (χ3n) is 10.2. The van der Waals surface area contributed by atoms with Gasteiger partial charge in [-0.3, -0.25) is 0 Å². The van der Waals surface area contributed by atoms with Crippen LogP contribution in [-0.4, -0.2) is 18.3 Å². The maximum Gasteiger partial charge on any atom is 0.244 e. The molecule has 2 aromatic carbocycles. The molecule has 0 spiro atoms. The zero-order valence-corrected chi connectivity index (χ0v) is 46.3. The van der Waals surface area contributed by atoms with Gasteiger partial charge in [0.2, 0.25) is 25.3 Å². The molecule has 0 amide bonds. The van der Waals surface area contributed by atoms with Gasteiger partial charge >= 0.3 is 0 Å². The first-order valence-corrected chi connectivity index (χ1v) is 22.2. The predicted octanol–water partition coefficient (Wildman–Crippen LogP) is -2.39. The molecule has 0 bridgehead atoms. The minimum atomic E-state index is 0. The van der Waals surface area contributed by atoms with E-state index in [0.29, 0.717) is 47.3 Å². The average Bonchev–Trinajstić information content (AvgIpc) is 3.76. The van der Waals surface area contributed by atoms with Crippen molar-refractivity contribution in [3.05, 3.63) is 49.6 Å². The highest BCUT2D eigenvalue weighted by atomic mass is 79.9. The van der Waals surface area contributed by atoms with Crippen LogP contribution in [-0.2, 0) is 52.4 Å². The van der Waals surface area contributed by atoms with Gasteiger partial charge in [-0.05, 0) is 47.3 Å². The fourth-order valence-electron chi connectivity index (χ4n) is 8.43. The van der Waals surface area contributed by atoms with Crippen molar-refractivity contribution in [2.24, 2.45) is 47.3 Å². The van der Waals surface area contributed by atoms with Crippen LogP contribution in [0.2, 0.25) is 0 Å². The Bertz CT molecular complexity index is 1770. The summed E-state index contributed by atoms with van der Waals surface area (Å²) in [4.78, 5) is 0. The topological polar surface area (TPSA) is 35.2 Å². The Morgan fingerprint density at radius 2 is 0.483 bits per heavy atom. The average molecular weight is 1090 g/mol. The molecule has 0 fully saturated rings. The van der Waals surface area contributed by atoms with Crippen molar-refractivity contribution < 1.29 is 86.2 Å². The maximum absolute atomic E-state index is 2.46. The molecule has 0 aliphatic carbocycles. The van der Waals surface area contributed by atoms with Crippen LogP contribution in [0.1, 0.15) is 111 Å². The summed E-state index contributed by atoms with van der Waals surface area (Å²) in [6, 6.07) is 9.73. The summed E-state index contributed by atoms with van der Waals surface area (Å²) in [6.07, 6.45) is 9.35. The van der Waals surface area contributed by atoms with Crippen LogP contribution in [0.4, 0.5) is 0 Å². The molecule has 12 heteroatoms. The Morgan fingerprint density at radius 1 is 0.300 bits per heavy atom. The number of imidazole rings is 4. The van der Waals surface area contributed by atoms with E-state index in [9.17, 15) is 0 Å². The lowest BCUT2D eigenvalue weighted by Crippen LogP contribution is -3.00. The first-order chi connectivity index (χ1) is 26.3. The van der Waals surface area contributed by atoms with Crippen molar-refractivity contribution in [3.63, 3.8) is 0 Å². The summed E-state index contributed by atoms with van der Waals surface area (Å²) < 4.78 is 19.7. The summed E-state index contributed by atoms with van der Waals surface area (Å²) in [6.45, 7) is 45.3. The molecular weight excluding hydrogens is 1010 g/mol. The van der Waals surface area contributed by atoms with Gasteiger partial charge in [-0.15, -0.1) is 0 Å². The molecule has 0 saturated heterocycles. The molecule has 4 heterocycles. The Kier molecular flexibility index (Phi) is 22.8. The Hall–Kier alpha value is -1.76. The second-order valence-electron chi connectivity index (χ2n) is 20.5. The number of rotatable bonds is 16. The molecule has 4 aromatic heterocycles. The molecule has 60 heavy (non-hydrogen) atoms. The fraction of sp³-hybridized carbons (Fsp3) is 0.667. The predicted molar refractivity (Wildman–Crippen MR) is 234 cm³/mol. The Labute approximate surface area is 405 Å². The van der Waals surface area contributed by atoms with Gasteiger partial charge in [0.15, 0.2) is 44.1 Å². The molecule has 0 aliphatic heterocycles. The van der Waals surface area contributed by atoms with Crippen LogP contribution in [0.15, 0.2) is 49.6 Å². The lowest BCUT2D eigenvalue weighted by Gasteiger charge is -2.02. The first-order valence-electron chi connectivity index (χ1n) is 22.2. The van der Waals surface area contributed by atoms with E-state index in [0.717, 1.165) is 52.4 Å². The second-order valence-corrected chi connectivity index (χ2v) is 20.5. The molecule has 6 aromatic rings. The SMILES string of the molecule is CC(C)Cn1c[n+](CC(C)C)c2cc3c(cc21)n(CC(C)C)c[n+]3CC(C)C.CC(C)Cn1c[n+](CC(C)C)c2cc3c(cc21)n(CC(C)C)c[n+]3CC(C)C.[Br-].[Br-].[Br-].[Br-]. The van der Waals surface area contributed by atoms with E-state index >= 15 is 0 Å². The highest BCUT2D eigenvalue weighted by Gasteiger charge is 2.27. The van der Waals surface area contributed by atoms with Crippen LogP contribution in [0.3, 0.4) is 0 Å². The zero-order valence-electron chi connectivity index (χ0n) is 40.0. The minimum Gasteiger partial charge on any atom is -1.00 e. The molecule has 340 valence electrons. The van der Waals surface area contributed by atoms with Crippen LogP contribution >= 0.6 is 0 Å². The third-order valence-corrected chi connectivity index (χ3v) is 10.2. The van der Waals surface area contributed by atoms with Gasteiger partial charge < -0.3 is 67.9 Å². The van der Waals surface area contributed by atoms with E-state index in [-0.39, 0.29) is 67.9 Å². The van der Waals surface area contributed by atoms with Gasteiger partial charge in [-0.1, -0.05) is 111 Å². The molecule has 0 N–H and O–H groups in total. The molecule has 0 aliphatic rings. The number of benzene rings is 2. The van der Waals surface area contributed by atoms with Crippen molar-refractivity contribution in [3.8, 4) is 0 Å². The van der Waals surface area contributed by atoms with Crippen molar-refractivity contribution in [1.82, 2.24) is 18.3 Å².